The van der Waals surface area contributed by atoms with Crippen molar-refractivity contribution in [2.24, 2.45) is 0 Å². The van der Waals surface area contributed by atoms with Crippen LogP contribution in [0.5, 0.6) is 0 Å². The molecule has 32 heavy (non-hydrogen) atoms. The van der Waals surface area contributed by atoms with Crippen LogP contribution in [0.1, 0.15) is 11.1 Å². The van der Waals surface area contributed by atoms with Crippen molar-refractivity contribution in [3.05, 3.63) is 84.3 Å². The van der Waals surface area contributed by atoms with Crippen molar-refractivity contribution in [1.82, 2.24) is 9.97 Å². The quantitative estimate of drug-likeness (QED) is 0.350. The van der Waals surface area contributed by atoms with Crippen molar-refractivity contribution < 1.29 is 9.21 Å². The van der Waals surface area contributed by atoms with E-state index in [0.717, 1.165) is 16.8 Å². The number of benzene rings is 2. The second kappa shape index (κ2) is 9.24. The minimum absolute atomic E-state index is 0.330. The minimum atomic E-state index is -0.441. The Morgan fingerprint density at radius 3 is 2.59 bits per heavy atom. The Kier molecular flexibility index (Phi) is 6.05. The maximum Gasteiger partial charge on any atom is 0.336 e. The van der Waals surface area contributed by atoms with Crippen molar-refractivity contribution in [1.29, 1.82) is 5.26 Å². The highest BCUT2D eigenvalue weighted by molar-refractivity contribution is 7.82. The number of pyridine rings is 1. The number of aryl methyl sites for hydroxylation is 1. The Bertz CT molecular complexity index is 1280. The van der Waals surface area contributed by atoms with Crippen LogP contribution in [0.2, 0.25) is 0 Å². The molecular weight excluding hydrogens is 424 g/mol. The maximum atomic E-state index is 12.6. The lowest BCUT2D eigenvalue weighted by Gasteiger charge is -2.17. The molecule has 0 saturated carbocycles. The van der Waals surface area contributed by atoms with E-state index < -0.39 is 6.03 Å². The molecule has 4 rings (SSSR count). The molecule has 8 nitrogen and oxygen atoms in total. The standard InChI is InChI=1S/C23H18N6O2S/c1-15-2-5-18(27-23(30)29(32)19-6-3-16(13-24)4-7-19)12-20(15)28-22-26-14-21(31-22)17-8-10-25-11-9-17/h2-12,14,32H,1H3,(H,26,28)(H,27,30). The number of carbonyl (C=O) groups excluding carboxylic acids is 1. The number of aromatic nitrogens is 2. The lowest BCUT2D eigenvalue weighted by molar-refractivity contribution is 0.260. The zero-order valence-corrected chi connectivity index (χ0v) is 17.9. The predicted molar refractivity (Wildman–Crippen MR) is 126 cm³/mol. The Balaban J connectivity index is 1.47. The van der Waals surface area contributed by atoms with Gasteiger partial charge in [-0.1, -0.05) is 18.9 Å². The summed E-state index contributed by atoms with van der Waals surface area (Å²) < 4.78 is 6.95. The highest BCUT2D eigenvalue weighted by Crippen LogP contribution is 2.28. The number of rotatable bonds is 5. The van der Waals surface area contributed by atoms with E-state index in [1.165, 1.54) is 4.31 Å². The van der Waals surface area contributed by atoms with Gasteiger partial charge in [0, 0.05) is 29.3 Å². The van der Waals surface area contributed by atoms with E-state index in [1.54, 1.807) is 55.0 Å². The van der Waals surface area contributed by atoms with Gasteiger partial charge in [-0.2, -0.15) is 5.26 Å². The summed E-state index contributed by atoms with van der Waals surface area (Å²) in [5.41, 5.74) is 4.16. The number of nitriles is 1. The number of nitrogens with one attached hydrogen (secondary N) is 2. The molecule has 0 saturated heterocycles. The molecule has 0 atom stereocenters. The molecule has 0 spiro atoms. The van der Waals surface area contributed by atoms with E-state index in [9.17, 15) is 4.79 Å². The van der Waals surface area contributed by atoms with Gasteiger partial charge in [0.2, 0.25) is 0 Å². The molecule has 0 radical (unpaired) electrons. The zero-order valence-electron chi connectivity index (χ0n) is 17.0. The molecule has 2 amide bonds. The SMILES string of the molecule is Cc1ccc(NC(=O)N(S)c2ccc(C#N)cc2)cc1Nc1ncc(-c2ccncc2)o1. The fourth-order valence-electron chi connectivity index (χ4n) is 2.90. The fraction of sp³-hybridized carbons (Fsp3) is 0.0435. The van der Waals surface area contributed by atoms with E-state index in [0.29, 0.717) is 28.7 Å². The van der Waals surface area contributed by atoms with Crippen molar-refractivity contribution >= 4 is 41.9 Å². The topological polar surface area (TPSA) is 107 Å². The number of urea groups is 1. The Morgan fingerprint density at radius 1 is 1.12 bits per heavy atom. The average Bonchev–Trinajstić information content (AvgIpc) is 3.30. The predicted octanol–water partition coefficient (Wildman–Crippen LogP) is 5.54. The van der Waals surface area contributed by atoms with Crippen LogP contribution in [0.3, 0.4) is 0 Å². The molecule has 2 N–H and O–H groups in total. The van der Waals surface area contributed by atoms with E-state index in [4.69, 9.17) is 9.68 Å². The smallest absolute Gasteiger partial charge is 0.336 e. The van der Waals surface area contributed by atoms with Gasteiger partial charge in [-0.3, -0.25) is 4.98 Å². The van der Waals surface area contributed by atoms with E-state index in [1.807, 2.05) is 31.2 Å². The molecule has 2 aromatic heterocycles. The van der Waals surface area contributed by atoms with Crippen LogP contribution in [0.4, 0.5) is 27.9 Å². The Hall–Kier alpha value is -4.29. The van der Waals surface area contributed by atoms with Crippen LogP contribution < -0.4 is 14.9 Å². The average molecular weight is 443 g/mol. The van der Waals surface area contributed by atoms with Crippen LogP contribution >= 0.6 is 12.8 Å². The molecule has 158 valence electrons. The molecule has 0 unspecified atom stereocenters. The summed E-state index contributed by atoms with van der Waals surface area (Å²) in [4.78, 5) is 20.9. The van der Waals surface area contributed by atoms with E-state index in [-0.39, 0.29) is 0 Å². The number of hydrogen-bond acceptors (Lipinski definition) is 7. The summed E-state index contributed by atoms with van der Waals surface area (Å²) in [6.07, 6.45) is 5.00. The first-order chi connectivity index (χ1) is 15.5. The monoisotopic (exact) mass is 442 g/mol. The van der Waals surface area contributed by atoms with Gasteiger partial charge < -0.3 is 15.1 Å². The van der Waals surface area contributed by atoms with Crippen LogP contribution in [0.15, 0.2) is 77.6 Å². The summed E-state index contributed by atoms with van der Waals surface area (Å²) in [7, 11) is 0. The molecule has 2 aromatic carbocycles. The zero-order chi connectivity index (χ0) is 22.5. The summed E-state index contributed by atoms with van der Waals surface area (Å²) in [5, 5.41) is 14.8. The Labute approximate surface area is 190 Å². The third-order valence-corrected chi connectivity index (χ3v) is 5.05. The van der Waals surface area contributed by atoms with Gasteiger partial charge in [-0.05, 0) is 61.0 Å². The van der Waals surface area contributed by atoms with E-state index >= 15 is 0 Å². The van der Waals surface area contributed by atoms with Crippen LogP contribution in [0, 0.1) is 18.3 Å². The van der Waals surface area contributed by atoms with Crippen LogP contribution in [-0.2, 0) is 0 Å². The second-order valence-electron chi connectivity index (χ2n) is 6.82. The molecule has 0 aliphatic heterocycles. The summed E-state index contributed by atoms with van der Waals surface area (Å²) in [6.45, 7) is 1.93. The molecule has 0 aliphatic rings. The summed E-state index contributed by atoms with van der Waals surface area (Å²) >= 11 is 4.27. The normalized spacial score (nSPS) is 10.3. The summed E-state index contributed by atoms with van der Waals surface area (Å²) in [5.74, 6) is 0.616. The molecule has 0 bridgehead atoms. The largest absolute Gasteiger partial charge is 0.423 e. The number of nitrogens with zero attached hydrogens (tertiary/aromatic N) is 4. The number of hydrogen-bond donors (Lipinski definition) is 3. The Morgan fingerprint density at radius 2 is 1.88 bits per heavy atom. The van der Waals surface area contributed by atoms with Crippen molar-refractivity contribution in [3.63, 3.8) is 0 Å². The van der Waals surface area contributed by atoms with Gasteiger partial charge in [0.1, 0.15) is 0 Å². The lowest BCUT2D eigenvalue weighted by atomic mass is 10.2. The molecule has 0 fully saturated rings. The van der Waals surface area contributed by atoms with Crippen molar-refractivity contribution in [2.75, 3.05) is 14.9 Å². The van der Waals surface area contributed by atoms with E-state index in [2.05, 4.69) is 33.4 Å². The van der Waals surface area contributed by atoms with Gasteiger partial charge in [-0.25, -0.2) is 14.1 Å². The van der Waals surface area contributed by atoms with Gasteiger partial charge in [0.25, 0.3) is 6.01 Å². The lowest BCUT2D eigenvalue weighted by Crippen LogP contribution is -2.26. The maximum absolute atomic E-state index is 12.6. The third-order valence-electron chi connectivity index (χ3n) is 4.63. The first-order valence-electron chi connectivity index (χ1n) is 9.57. The number of oxazole rings is 1. The molecule has 0 aliphatic carbocycles. The van der Waals surface area contributed by atoms with Gasteiger partial charge >= 0.3 is 6.03 Å². The second-order valence-corrected chi connectivity index (χ2v) is 7.22. The number of anilines is 4. The molecule has 2 heterocycles. The number of carbonyl (C=O) groups is 1. The fourth-order valence-corrected chi connectivity index (χ4v) is 3.09. The van der Waals surface area contributed by atoms with Gasteiger partial charge in [0.05, 0.1) is 23.5 Å². The molecule has 9 heteroatoms. The van der Waals surface area contributed by atoms with Crippen LogP contribution in [0.25, 0.3) is 11.3 Å². The third kappa shape index (κ3) is 4.71. The van der Waals surface area contributed by atoms with Gasteiger partial charge in [-0.15, -0.1) is 0 Å². The van der Waals surface area contributed by atoms with Crippen molar-refractivity contribution in [3.8, 4) is 17.4 Å². The molecular formula is C23H18N6O2S. The molecule has 4 aromatic rings. The number of thiol groups is 1. The van der Waals surface area contributed by atoms with Crippen LogP contribution in [-0.4, -0.2) is 16.0 Å². The van der Waals surface area contributed by atoms with Gasteiger partial charge in [0.15, 0.2) is 5.76 Å². The first-order valence-corrected chi connectivity index (χ1v) is 9.97. The minimum Gasteiger partial charge on any atom is -0.423 e. The van der Waals surface area contributed by atoms with Crippen molar-refractivity contribution in [2.45, 2.75) is 6.92 Å². The number of amides is 2. The summed E-state index contributed by atoms with van der Waals surface area (Å²) in [6, 6.07) is 17.6. The highest BCUT2D eigenvalue weighted by atomic mass is 32.1. The highest BCUT2D eigenvalue weighted by Gasteiger charge is 2.14. The first kappa shape index (κ1) is 21.0.